The first kappa shape index (κ1) is 13.5. The summed E-state index contributed by atoms with van der Waals surface area (Å²) < 4.78 is 4.59. The molecule has 0 saturated heterocycles. The molecule has 1 aromatic heterocycles. The molecule has 0 radical (unpaired) electrons. The summed E-state index contributed by atoms with van der Waals surface area (Å²) >= 11 is 1.31. The molecule has 5 nitrogen and oxygen atoms in total. The van der Waals surface area contributed by atoms with Crippen LogP contribution in [0.15, 0.2) is 23.4 Å². The van der Waals surface area contributed by atoms with Gasteiger partial charge in [-0.2, -0.15) is 0 Å². The second kappa shape index (κ2) is 6.24. The molecule has 0 saturated carbocycles. The fourth-order valence-electron chi connectivity index (χ4n) is 1.21. The Morgan fingerprint density at radius 3 is 2.88 bits per heavy atom. The standard InChI is InChI=1S/C11H13NO4S/c1-7(5-10(13)14)17-9-6-8(3-4-12-9)11(15)16-2/h3-4,6-7H,5H2,1-2H3,(H,13,14). The number of carboxylic acids is 1. The predicted molar refractivity (Wildman–Crippen MR) is 63.1 cm³/mol. The van der Waals surface area contributed by atoms with E-state index in [2.05, 4.69) is 9.72 Å². The number of hydrogen-bond donors (Lipinski definition) is 1. The summed E-state index contributed by atoms with van der Waals surface area (Å²) in [6.45, 7) is 1.80. The van der Waals surface area contributed by atoms with Crippen molar-refractivity contribution >= 4 is 23.7 Å². The minimum Gasteiger partial charge on any atom is -0.481 e. The zero-order valence-corrected chi connectivity index (χ0v) is 10.4. The molecule has 1 atom stereocenters. The SMILES string of the molecule is COC(=O)c1ccnc(SC(C)CC(=O)O)c1. The Balaban J connectivity index is 2.72. The van der Waals surface area contributed by atoms with Crippen molar-refractivity contribution in [1.29, 1.82) is 0 Å². The molecule has 0 aromatic carbocycles. The van der Waals surface area contributed by atoms with E-state index in [0.717, 1.165) is 0 Å². The monoisotopic (exact) mass is 255 g/mol. The topological polar surface area (TPSA) is 76.5 Å². The Morgan fingerprint density at radius 2 is 2.29 bits per heavy atom. The molecule has 0 aliphatic heterocycles. The Hall–Kier alpha value is -1.56. The molecule has 0 amide bonds. The molecule has 92 valence electrons. The van der Waals surface area contributed by atoms with Gasteiger partial charge in [-0.1, -0.05) is 6.92 Å². The average Bonchev–Trinajstić information content (AvgIpc) is 2.27. The molecule has 1 heterocycles. The summed E-state index contributed by atoms with van der Waals surface area (Å²) in [5.74, 6) is -1.28. The summed E-state index contributed by atoms with van der Waals surface area (Å²) in [6.07, 6.45) is 1.55. The lowest BCUT2D eigenvalue weighted by Crippen LogP contribution is -2.06. The number of methoxy groups -OCH3 is 1. The highest BCUT2D eigenvalue weighted by Crippen LogP contribution is 2.23. The Morgan fingerprint density at radius 1 is 1.59 bits per heavy atom. The molecule has 0 fully saturated rings. The summed E-state index contributed by atoms with van der Waals surface area (Å²) in [7, 11) is 1.31. The van der Waals surface area contributed by atoms with Gasteiger partial charge in [0.2, 0.25) is 0 Å². The van der Waals surface area contributed by atoms with Crippen LogP contribution in [0.4, 0.5) is 0 Å². The van der Waals surface area contributed by atoms with Crippen molar-refractivity contribution in [3.8, 4) is 0 Å². The number of rotatable bonds is 5. The molecule has 1 aromatic rings. The van der Waals surface area contributed by atoms with E-state index in [9.17, 15) is 9.59 Å². The van der Waals surface area contributed by atoms with Crippen LogP contribution < -0.4 is 0 Å². The second-order valence-electron chi connectivity index (χ2n) is 3.40. The maximum atomic E-state index is 11.3. The molecule has 0 spiro atoms. The van der Waals surface area contributed by atoms with Crippen molar-refractivity contribution in [2.75, 3.05) is 7.11 Å². The lowest BCUT2D eigenvalue weighted by Gasteiger charge is -2.08. The highest BCUT2D eigenvalue weighted by molar-refractivity contribution is 7.99. The van der Waals surface area contributed by atoms with Crippen LogP contribution in [0.25, 0.3) is 0 Å². The number of ether oxygens (including phenoxy) is 1. The average molecular weight is 255 g/mol. The van der Waals surface area contributed by atoms with Gasteiger partial charge in [-0.15, -0.1) is 11.8 Å². The maximum absolute atomic E-state index is 11.3. The van der Waals surface area contributed by atoms with Crippen LogP contribution in [0, 0.1) is 0 Å². The van der Waals surface area contributed by atoms with Gasteiger partial charge in [0.25, 0.3) is 0 Å². The zero-order chi connectivity index (χ0) is 12.8. The molecular weight excluding hydrogens is 242 g/mol. The van der Waals surface area contributed by atoms with E-state index in [1.54, 1.807) is 19.1 Å². The van der Waals surface area contributed by atoms with Gasteiger partial charge < -0.3 is 9.84 Å². The van der Waals surface area contributed by atoms with Crippen LogP contribution in [0.3, 0.4) is 0 Å². The highest BCUT2D eigenvalue weighted by atomic mass is 32.2. The minimum absolute atomic E-state index is 0.0504. The Kier molecular flexibility index (Phi) is 4.96. The number of carbonyl (C=O) groups is 2. The smallest absolute Gasteiger partial charge is 0.337 e. The Bertz CT molecular complexity index is 422. The van der Waals surface area contributed by atoms with Crippen LogP contribution in [0.1, 0.15) is 23.7 Å². The third kappa shape index (κ3) is 4.44. The minimum atomic E-state index is -0.853. The van der Waals surface area contributed by atoms with E-state index in [1.165, 1.54) is 25.1 Å². The highest BCUT2D eigenvalue weighted by Gasteiger charge is 2.12. The molecule has 6 heteroatoms. The van der Waals surface area contributed by atoms with Crippen molar-refractivity contribution in [1.82, 2.24) is 4.98 Å². The number of pyridine rings is 1. The van der Waals surface area contributed by atoms with E-state index in [1.807, 2.05) is 0 Å². The molecule has 0 bridgehead atoms. The third-order valence-electron chi connectivity index (χ3n) is 1.94. The fraction of sp³-hybridized carbons (Fsp3) is 0.364. The maximum Gasteiger partial charge on any atom is 0.337 e. The molecule has 1 unspecified atom stereocenters. The summed E-state index contributed by atoms with van der Waals surface area (Å²) in [4.78, 5) is 25.9. The normalized spacial score (nSPS) is 11.9. The van der Waals surface area contributed by atoms with Crippen LogP contribution >= 0.6 is 11.8 Å². The molecule has 1 N–H and O–H groups in total. The number of thioether (sulfide) groups is 1. The van der Waals surface area contributed by atoms with Crippen LogP contribution in [0.2, 0.25) is 0 Å². The first-order chi connectivity index (χ1) is 8.02. The van der Waals surface area contributed by atoms with Crippen LogP contribution in [-0.4, -0.2) is 34.4 Å². The van der Waals surface area contributed by atoms with E-state index in [0.29, 0.717) is 10.6 Å². The van der Waals surface area contributed by atoms with Crippen LogP contribution in [0.5, 0.6) is 0 Å². The number of hydrogen-bond acceptors (Lipinski definition) is 5. The number of nitrogens with zero attached hydrogens (tertiary/aromatic N) is 1. The predicted octanol–water partition coefficient (Wildman–Crippen LogP) is 1.82. The first-order valence-corrected chi connectivity index (χ1v) is 5.83. The van der Waals surface area contributed by atoms with Gasteiger partial charge in [0.15, 0.2) is 0 Å². The number of esters is 1. The number of aliphatic carboxylic acids is 1. The van der Waals surface area contributed by atoms with Gasteiger partial charge in [0, 0.05) is 11.4 Å². The van der Waals surface area contributed by atoms with Crippen molar-refractivity contribution in [2.24, 2.45) is 0 Å². The lowest BCUT2D eigenvalue weighted by molar-refractivity contribution is -0.136. The van der Waals surface area contributed by atoms with Crippen LogP contribution in [-0.2, 0) is 9.53 Å². The van der Waals surface area contributed by atoms with Crippen molar-refractivity contribution in [3.63, 3.8) is 0 Å². The number of aromatic nitrogens is 1. The van der Waals surface area contributed by atoms with Gasteiger partial charge >= 0.3 is 11.9 Å². The lowest BCUT2D eigenvalue weighted by atomic mass is 10.3. The quantitative estimate of drug-likeness (QED) is 0.639. The molecule has 0 aliphatic carbocycles. The van der Waals surface area contributed by atoms with Gasteiger partial charge in [-0.25, -0.2) is 9.78 Å². The van der Waals surface area contributed by atoms with Crippen molar-refractivity contribution in [2.45, 2.75) is 23.6 Å². The molecule has 0 aliphatic rings. The zero-order valence-electron chi connectivity index (χ0n) is 9.54. The van der Waals surface area contributed by atoms with Gasteiger partial charge in [-0.3, -0.25) is 4.79 Å². The third-order valence-corrected chi connectivity index (χ3v) is 2.97. The fourth-order valence-corrected chi connectivity index (χ4v) is 2.17. The molecule has 17 heavy (non-hydrogen) atoms. The Labute approximate surface area is 103 Å². The van der Waals surface area contributed by atoms with Gasteiger partial charge in [0.1, 0.15) is 0 Å². The second-order valence-corrected chi connectivity index (χ2v) is 4.86. The summed E-state index contributed by atoms with van der Waals surface area (Å²) in [5.41, 5.74) is 0.410. The van der Waals surface area contributed by atoms with Gasteiger partial charge in [-0.05, 0) is 12.1 Å². The van der Waals surface area contributed by atoms with Crippen molar-refractivity contribution in [3.05, 3.63) is 23.9 Å². The van der Waals surface area contributed by atoms with E-state index >= 15 is 0 Å². The summed E-state index contributed by atoms with van der Waals surface area (Å²) in [5, 5.41) is 9.14. The molecule has 1 rings (SSSR count). The van der Waals surface area contributed by atoms with Gasteiger partial charge in [0.05, 0.1) is 24.1 Å². The first-order valence-electron chi connectivity index (χ1n) is 4.95. The number of carboxylic acid groups (broad SMARTS) is 1. The molecular formula is C11H13NO4S. The largest absolute Gasteiger partial charge is 0.481 e. The number of carbonyl (C=O) groups excluding carboxylic acids is 1. The van der Waals surface area contributed by atoms with E-state index < -0.39 is 11.9 Å². The van der Waals surface area contributed by atoms with Crippen molar-refractivity contribution < 1.29 is 19.4 Å². The van der Waals surface area contributed by atoms with E-state index in [-0.39, 0.29) is 11.7 Å². The van der Waals surface area contributed by atoms with E-state index in [4.69, 9.17) is 5.11 Å². The summed E-state index contributed by atoms with van der Waals surface area (Å²) in [6, 6.07) is 3.15.